The van der Waals surface area contributed by atoms with Gasteiger partial charge in [0.1, 0.15) is 0 Å². The maximum absolute atomic E-state index is 12.5. The van der Waals surface area contributed by atoms with Gasteiger partial charge in [-0.25, -0.2) is 0 Å². The number of nitrogens with zero attached hydrogens (tertiary/aromatic N) is 1. The predicted octanol–water partition coefficient (Wildman–Crippen LogP) is 3.44. The van der Waals surface area contributed by atoms with Gasteiger partial charge >= 0.3 is 6.18 Å². The summed E-state index contributed by atoms with van der Waals surface area (Å²) in [5, 5.41) is 9.89. The molecule has 6 heteroatoms. The molecule has 1 heterocycles. The minimum atomic E-state index is -4.39. The van der Waals surface area contributed by atoms with E-state index in [1.807, 2.05) is 0 Å². The van der Waals surface area contributed by atoms with Crippen molar-refractivity contribution in [1.29, 1.82) is 0 Å². The molecule has 18 heavy (non-hydrogen) atoms. The lowest BCUT2D eigenvalue weighted by Gasteiger charge is -2.12. The van der Waals surface area contributed by atoms with E-state index in [0.29, 0.717) is 0 Å². The summed E-state index contributed by atoms with van der Waals surface area (Å²) in [5.74, 6) is 0. The molecule has 0 radical (unpaired) electrons. The van der Waals surface area contributed by atoms with Crippen molar-refractivity contribution >= 4 is 11.3 Å². The zero-order valence-electron chi connectivity index (χ0n) is 9.19. The average molecular weight is 273 g/mol. The second kappa shape index (κ2) is 5.07. The molecule has 1 aromatic carbocycles. The third kappa shape index (κ3) is 3.08. The average Bonchev–Trinajstić information content (AvgIpc) is 2.81. The van der Waals surface area contributed by atoms with Gasteiger partial charge < -0.3 is 5.11 Å². The van der Waals surface area contributed by atoms with Crippen molar-refractivity contribution in [2.45, 2.75) is 18.7 Å². The van der Waals surface area contributed by atoms with Gasteiger partial charge in [0, 0.05) is 17.5 Å². The Balaban J connectivity index is 2.18. The monoisotopic (exact) mass is 273 g/mol. The molecule has 0 aliphatic rings. The predicted molar refractivity (Wildman–Crippen MR) is 62.2 cm³/mol. The molecular formula is C12H10F3NOS. The summed E-state index contributed by atoms with van der Waals surface area (Å²) in [7, 11) is 0. The topological polar surface area (TPSA) is 33.1 Å². The highest BCUT2D eigenvalue weighted by Gasteiger charge is 2.30. The van der Waals surface area contributed by atoms with E-state index in [0.717, 1.165) is 17.0 Å². The van der Waals surface area contributed by atoms with Crippen molar-refractivity contribution in [3.63, 3.8) is 0 Å². The SMILES string of the molecule is OC(Cc1cncs1)c1cccc(C(F)(F)F)c1. The number of alkyl halides is 3. The lowest BCUT2D eigenvalue weighted by Crippen LogP contribution is -2.07. The number of thiazole rings is 1. The van der Waals surface area contributed by atoms with Crippen LogP contribution in [0.2, 0.25) is 0 Å². The zero-order chi connectivity index (χ0) is 13.2. The first kappa shape index (κ1) is 13.0. The van der Waals surface area contributed by atoms with Crippen molar-refractivity contribution in [2.75, 3.05) is 0 Å². The van der Waals surface area contributed by atoms with Crippen molar-refractivity contribution in [1.82, 2.24) is 4.98 Å². The van der Waals surface area contributed by atoms with Crippen LogP contribution in [0.3, 0.4) is 0 Å². The quantitative estimate of drug-likeness (QED) is 0.929. The summed E-state index contributed by atoms with van der Waals surface area (Å²) in [4.78, 5) is 4.69. The Morgan fingerprint density at radius 3 is 2.72 bits per heavy atom. The van der Waals surface area contributed by atoms with E-state index in [2.05, 4.69) is 4.98 Å². The molecule has 0 saturated carbocycles. The highest BCUT2D eigenvalue weighted by Crippen LogP contribution is 2.31. The summed E-state index contributed by atoms with van der Waals surface area (Å²) < 4.78 is 37.6. The molecule has 1 unspecified atom stereocenters. The van der Waals surface area contributed by atoms with Crippen LogP contribution in [0.15, 0.2) is 36.0 Å². The Morgan fingerprint density at radius 2 is 2.11 bits per heavy atom. The molecule has 2 rings (SSSR count). The number of halogens is 3. The maximum atomic E-state index is 12.5. The number of aromatic nitrogens is 1. The van der Waals surface area contributed by atoms with Crippen LogP contribution < -0.4 is 0 Å². The molecule has 1 aromatic heterocycles. The number of rotatable bonds is 3. The normalized spacial score (nSPS) is 13.6. The van der Waals surface area contributed by atoms with Gasteiger partial charge in [-0.2, -0.15) is 13.2 Å². The summed E-state index contributed by atoms with van der Waals surface area (Å²) in [6.45, 7) is 0. The largest absolute Gasteiger partial charge is 0.416 e. The van der Waals surface area contributed by atoms with E-state index in [9.17, 15) is 18.3 Å². The van der Waals surface area contributed by atoms with Crippen LogP contribution in [0.1, 0.15) is 22.1 Å². The highest BCUT2D eigenvalue weighted by molar-refractivity contribution is 7.09. The molecule has 0 amide bonds. The van der Waals surface area contributed by atoms with Crippen LogP contribution >= 0.6 is 11.3 Å². The second-order valence-electron chi connectivity index (χ2n) is 3.81. The third-order valence-corrected chi connectivity index (χ3v) is 3.28. The van der Waals surface area contributed by atoms with E-state index in [4.69, 9.17) is 0 Å². The number of hydrogen-bond acceptors (Lipinski definition) is 3. The van der Waals surface area contributed by atoms with Gasteiger partial charge in [0.2, 0.25) is 0 Å². The van der Waals surface area contributed by atoms with E-state index in [-0.39, 0.29) is 12.0 Å². The summed E-state index contributed by atoms with van der Waals surface area (Å²) in [6, 6.07) is 4.75. The van der Waals surface area contributed by atoms with Crippen molar-refractivity contribution in [2.24, 2.45) is 0 Å². The molecule has 2 nitrogen and oxygen atoms in total. The van der Waals surface area contributed by atoms with Crippen LogP contribution in [0.25, 0.3) is 0 Å². The minimum absolute atomic E-state index is 0.262. The smallest absolute Gasteiger partial charge is 0.388 e. The molecule has 2 aromatic rings. The summed E-state index contributed by atoms with van der Waals surface area (Å²) >= 11 is 1.36. The highest BCUT2D eigenvalue weighted by atomic mass is 32.1. The van der Waals surface area contributed by atoms with Crippen LogP contribution in [0, 0.1) is 0 Å². The Hall–Kier alpha value is -1.40. The maximum Gasteiger partial charge on any atom is 0.416 e. The fraction of sp³-hybridized carbons (Fsp3) is 0.250. The molecule has 1 N–H and O–H groups in total. The molecule has 0 fully saturated rings. The Bertz CT molecular complexity index is 510. The van der Waals surface area contributed by atoms with Gasteiger partial charge in [-0.15, -0.1) is 11.3 Å². The van der Waals surface area contributed by atoms with E-state index in [1.165, 1.54) is 23.5 Å². The number of benzene rings is 1. The molecule has 96 valence electrons. The van der Waals surface area contributed by atoms with E-state index in [1.54, 1.807) is 11.7 Å². The molecule has 0 aliphatic carbocycles. The molecule has 0 spiro atoms. The van der Waals surface area contributed by atoms with Gasteiger partial charge in [0.05, 0.1) is 17.2 Å². The van der Waals surface area contributed by atoms with Crippen LogP contribution in [0.4, 0.5) is 13.2 Å². The first-order valence-corrected chi connectivity index (χ1v) is 6.07. The van der Waals surface area contributed by atoms with Crippen LogP contribution in [0.5, 0.6) is 0 Å². The molecule has 1 atom stereocenters. The Kier molecular flexibility index (Phi) is 3.68. The van der Waals surface area contributed by atoms with Gasteiger partial charge in [-0.05, 0) is 17.7 Å². The zero-order valence-corrected chi connectivity index (χ0v) is 10.0. The molecule has 0 saturated heterocycles. The van der Waals surface area contributed by atoms with Crippen molar-refractivity contribution < 1.29 is 18.3 Å². The standard InChI is InChI=1S/C12H10F3NOS/c13-12(14,15)9-3-1-2-8(4-9)11(17)5-10-6-16-7-18-10/h1-4,6-7,11,17H,5H2. The Morgan fingerprint density at radius 1 is 1.33 bits per heavy atom. The number of hydrogen-bond donors (Lipinski definition) is 1. The fourth-order valence-corrected chi connectivity index (χ4v) is 2.21. The van der Waals surface area contributed by atoms with Crippen molar-refractivity contribution in [3.8, 4) is 0 Å². The molecule has 0 aliphatic heterocycles. The summed E-state index contributed by atoms with van der Waals surface area (Å²) in [6.07, 6.45) is -3.47. The van der Waals surface area contributed by atoms with Crippen molar-refractivity contribution in [3.05, 3.63) is 52.0 Å². The van der Waals surface area contributed by atoms with Gasteiger partial charge in [0.15, 0.2) is 0 Å². The first-order chi connectivity index (χ1) is 8.47. The third-order valence-electron chi connectivity index (χ3n) is 2.48. The minimum Gasteiger partial charge on any atom is -0.388 e. The molecular weight excluding hydrogens is 263 g/mol. The fourth-order valence-electron chi connectivity index (χ4n) is 1.57. The van der Waals surface area contributed by atoms with Gasteiger partial charge in [-0.3, -0.25) is 4.98 Å². The van der Waals surface area contributed by atoms with Crippen LogP contribution in [-0.4, -0.2) is 10.1 Å². The van der Waals surface area contributed by atoms with Crippen LogP contribution in [-0.2, 0) is 12.6 Å². The lowest BCUT2D eigenvalue weighted by molar-refractivity contribution is -0.137. The number of aliphatic hydroxyl groups excluding tert-OH is 1. The Labute approximate surface area is 106 Å². The first-order valence-electron chi connectivity index (χ1n) is 5.19. The lowest BCUT2D eigenvalue weighted by atomic mass is 10.0. The molecule has 0 bridgehead atoms. The van der Waals surface area contributed by atoms with Gasteiger partial charge in [0.25, 0.3) is 0 Å². The summed E-state index contributed by atoms with van der Waals surface area (Å²) in [5.41, 5.74) is 1.13. The second-order valence-corrected chi connectivity index (χ2v) is 4.78. The van der Waals surface area contributed by atoms with Gasteiger partial charge in [-0.1, -0.05) is 12.1 Å². The van der Waals surface area contributed by atoms with E-state index >= 15 is 0 Å². The van der Waals surface area contributed by atoms with E-state index < -0.39 is 17.8 Å². The number of aliphatic hydroxyl groups is 1.